The van der Waals surface area contributed by atoms with Crippen LogP contribution in [0.4, 0.5) is 4.39 Å². The third-order valence-electron chi connectivity index (χ3n) is 3.19. The van der Waals surface area contributed by atoms with E-state index >= 15 is 0 Å². The highest BCUT2D eigenvalue weighted by Gasteiger charge is 2.45. The molecule has 0 bridgehead atoms. The molecule has 0 unspecified atom stereocenters. The van der Waals surface area contributed by atoms with E-state index in [9.17, 15) is 18.8 Å². The van der Waals surface area contributed by atoms with Crippen molar-refractivity contribution in [1.29, 1.82) is 0 Å². The van der Waals surface area contributed by atoms with Crippen molar-refractivity contribution in [1.82, 2.24) is 4.90 Å². The van der Waals surface area contributed by atoms with Gasteiger partial charge in [0, 0.05) is 5.56 Å². The van der Waals surface area contributed by atoms with Crippen LogP contribution in [0.3, 0.4) is 0 Å². The molecule has 1 aliphatic rings. The van der Waals surface area contributed by atoms with Crippen LogP contribution in [0.5, 0.6) is 0 Å². The van der Waals surface area contributed by atoms with E-state index in [1.807, 2.05) is 0 Å². The Hall–Kier alpha value is -2.22. The SMILES string of the molecule is Cc1ccccc1C(=O)[C@H](F)B1OC(=O)CN(C)CC(=O)O1. The predicted molar refractivity (Wildman–Crippen MR) is 75.8 cm³/mol. The maximum atomic E-state index is 14.4. The standard InChI is InChI=1S/C14H15BFNO5/c1-9-5-3-4-6-10(9)13(20)14(16)15-21-11(18)7-17(2)8-12(19)22-15/h3-6,14H,7-8H2,1-2H3/t14-/m0/s1. The lowest BCUT2D eigenvalue weighted by Gasteiger charge is -2.23. The van der Waals surface area contributed by atoms with Gasteiger partial charge >= 0.3 is 19.1 Å². The van der Waals surface area contributed by atoms with Crippen LogP contribution in [-0.2, 0) is 18.9 Å². The van der Waals surface area contributed by atoms with Crippen molar-refractivity contribution in [3.8, 4) is 0 Å². The van der Waals surface area contributed by atoms with Crippen molar-refractivity contribution in [3.63, 3.8) is 0 Å². The van der Waals surface area contributed by atoms with Crippen molar-refractivity contribution >= 4 is 24.8 Å². The quantitative estimate of drug-likeness (QED) is 0.601. The Bertz CT molecular complexity index is 589. The Balaban J connectivity index is 2.18. The summed E-state index contributed by atoms with van der Waals surface area (Å²) in [5.41, 5.74) is 0.736. The van der Waals surface area contributed by atoms with Crippen LogP contribution in [-0.4, -0.2) is 55.9 Å². The van der Waals surface area contributed by atoms with Crippen LogP contribution in [0.2, 0.25) is 0 Å². The second kappa shape index (κ2) is 6.70. The zero-order valence-electron chi connectivity index (χ0n) is 12.2. The molecule has 1 aromatic carbocycles. The van der Waals surface area contributed by atoms with Crippen molar-refractivity contribution in [3.05, 3.63) is 35.4 Å². The number of carbonyl (C=O) groups excluding carboxylic acids is 3. The van der Waals surface area contributed by atoms with E-state index in [0.29, 0.717) is 5.56 Å². The van der Waals surface area contributed by atoms with Crippen LogP contribution in [0.25, 0.3) is 0 Å². The van der Waals surface area contributed by atoms with Crippen molar-refractivity contribution < 1.29 is 28.1 Å². The van der Waals surface area contributed by atoms with E-state index < -0.39 is 30.9 Å². The summed E-state index contributed by atoms with van der Waals surface area (Å²) in [5.74, 6) is -2.42. The first kappa shape index (κ1) is 16.2. The van der Waals surface area contributed by atoms with Crippen LogP contribution >= 0.6 is 0 Å². The highest BCUT2D eigenvalue weighted by atomic mass is 19.1. The molecule has 0 N–H and O–H groups in total. The van der Waals surface area contributed by atoms with E-state index in [1.165, 1.54) is 18.0 Å². The lowest BCUT2D eigenvalue weighted by molar-refractivity contribution is -0.146. The zero-order valence-corrected chi connectivity index (χ0v) is 12.2. The highest BCUT2D eigenvalue weighted by Crippen LogP contribution is 2.16. The molecule has 1 atom stereocenters. The molecule has 0 aliphatic carbocycles. The summed E-state index contributed by atoms with van der Waals surface area (Å²) in [5, 5.41) is 0. The lowest BCUT2D eigenvalue weighted by atomic mass is 9.77. The molecule has 116 valence electrons. The largest absolute Gasteiger partial charge is 0.644 e. The van der Waals surface area contributed by atoms with Gasteiger partial charge in [-0.1, -0.05) is 24.3 Å². The van der Waals surface area contributed by atoms with Crippen LogP contribution in [0, 0.1) is 6.92 Å². The molecule has 1 heterocycles. The number of carbonyl (C=O) groups is 3. The molecule has 1 aromatic rings. The van der Waals surface area contributed by atoms with Gasteiger partial charge in [-0.15, -0.1) is 0 Å². The predicted octanol–water partition coefficient (Wildman–Crippen LogP) is 0.575. The summed E-state index contributed by atoms with van der Waals surface area (Å²) in [7, 11) is -0.338. The smallest absolute Gasteiger partial charge is 0.496 e. The number of likely N-dealkylation sites (N-methyl/N-ethyl adjacent to an activating group) is 1. The number of hydrogen-bond acceptors (Lipinski definition) is 6. The fourth-order valence-electron chi connectivity index (χ4n) is 2.10. The molecule has 8 heteroatoms. The second-order valence-electron chi connectivity index (χ2n) is 5.10. The molecule has 0 amide bonds. The van der Waals surface area contributed by atoms with Gasteiger partial charge in [-0.25, -0.2) is 4.39 Å². The Kier molecular flexibility index (Phi) is 4.92. The number of benzene rings is 1. The maximum absolute atomic E-state index is 14.4. The third kappa shape index (κ3) is 3.70. The van der Waals surface area contributed by atoms with Gasteiger partial charge in [-0.05, 0) is 19.5 Å². The number of Topliss-reactive ketones (excluding diaryl/α,β-unsaturated/α-hetero) is 1. The summed E-state index contributed by atoms with van der Waals surface area (Å²) in [6.07, 6.45) is -2.27. The van der Waals surface area contributed by atoms with Gasteiger partial charge in [0.05, 0.1) is 13.1 Å². The summed E-state index contributed by atoms with van der Waals surface area (Å²) < 4.78 is 23.9. The lowest BCUT2D eigenvalue weighted by Crippen LogP contribution is -2.48. The van der Waals surface area contributed by atoms with Gasteiger partial charge in [-0.3, -0.25) is 19.3 Å². The minimum absolute atomic E-state index is 0.154. The first-order chi connectivity index (χ1) is 10.4. The number of halogens is 1. The average molecular weight is 307 g/mol. The van der Waals surface area contributed by atoms with Gasteiger partial charge in [-0.2, -0.15) is 0 Å². The van der Waals surface area contributed by atoms with Crippen LogP contribution in [0.1, 0.15) is 15.9 Å². The molecule has 0 radical (unpaired) electrons. The molecule has 0 saturated carbocycles. The first-order valence-electron chi connectivity index (χ1n) is 6.70. The number of alkyl halides is 1. The molecule has 0 aromatic heterocycles. The van der Waals surface area contributed by atoms with Crippen LogP contribution < -0.4 is 0 Å². The zero-order chi connectivity index (χ0) is 16.3. The number of nitrogens with zero attached hydrogens (tertiary/aromatic N) is 1. The average Bonchev–Trinajstić information content (AvgIpc) is 2.43. The molecule has 6 nitrogen and oxygen atoms in total. The topological polar surface area (TPSA) is 72.9 Å². The molecular formula is C14H15BFNO5. The summed E-state index contributed by atoms with van der Waals surface area (Å²) in [6.45, 7) is 1.29. The number of hydrogen-bond donors (Lipinski definition) is 0. The summed E-state index contributed by atoms with van der Waals surface area (Å²) >= 11 is 0. The van der Waals surface area contributed by atoms with Gasteiger partial charge in [0.15, 0.2) is 5.78 Å². The fourth-order valence-corrected chi connectivity index (χ4v) is 2.10. The van der Waals surface area contributed by atoms with E-state index in [0.717, 1.165) is 0 Å². The number of ketones is 1. The maximum Gasteiger partial charge on any atom is 0.644 e. The molecule has 2 rings (SSSR count). The molecule has 1 aliphatic heterocycles. The number of rotatable bonds is 3. The van der Waals surface area contributed by atoms with E-state index in [4.69, 9.17) is 9.31 Å². The van der Waals surface area contributed by atoms with Gasteiger partial charge < -0.3 is 9.31 Å². The molecule has 0 spiro atoms. The Morgan fingerprint density at radius 3 is 2.32 bits per heavy atom. The highest BCUT2D eigenvalue weighted by molar-refractivity contribution is 6.56. The van der Waals surface area contributed by atoms with Gasteiger partial charge in [0.25, 0.3) is 0 Å². The van der Waals surface area contributed by atoms with Gasteiger partial charge in [0.2, 0.25) is 6.07 Å². The molecule has 1 saturated heterocycles. The normalized spacial score (nSPS) is 18.0. The second-order valence-corrected chi connectivity index (χ2v) is 5.10. The van der Waals surface area contributed by atoms with Crippen molar-refractivity contribution in [2.75, 3.05) is 20.1 Å². The van der Waals surface area contributed by atoms with Crippen molar-refractivity contribution in [2.24, 2.45) is 0 Å². The summed E-state index contributed by atoms with van der Waals surface area (Å²) in [6, 6.07) is 6.43. The Morgan fingerprint density at radius 2 is 1.77 bits per heavy atom. The van der Waals surface area contributed by atoms with E-state index in [2.05, 4.69) is 0 Å². The third-order valence-corrected chi connectivity index (χ3v) is 3.19. The van der Waals surface area contributed by atoms with Crippen molar-refractivity contribution in [2.45, 2.75) is 13.0 Å². The Labute approximate surface area is 127 Å². The minimum Gasteiger partial charge on any atom is -0.496 e. The van der Waals surface area contributed by atoms with Gasteiger partial charge in [0.1, 0.15) is 0 Å². The monoisotopic (exact) mass is 307 g/mol. The molecule has 22 heavy (non-hydrogen) atoms. The summed E-state index contributed by atoms with van der Waals surface area (Å²) in [4.78, 5) is 36.7. The first-order valence-corrected chi connectivity index (χ1v) is 6.70. The minimum atomic E-state index is -2.27. The van der Waals surface area contributed by atoms with Crippen LogP contribution in [0.15, 0.2) is 24.3 Å². The van der Waals surface area contributed by atoms with E-state index in [1.54, 1.807) is 25.1 Å². The fraction of sp³-hybridized carbons (Fsp3) is 0.357. The van der Waals surface area contributed by atoms with E-state index in [-0.39, 0.29) is 18.7 Å². The molecular weight excluding hydrogens is 292 g/mol. The number of aryl methyl sites for hydroxylation is 1. The Morgan fingerprint density at radius 1 is 1.23 bits per heavy atom. The molecule has 1 fully saturated rings.